The maximum atomic E-state index is 14.0. The molecule has 0 fully saturated rings. The lowest BCUT2D eigenvalue weighted by molar-refractivity contribution is 0.502. The molecule has 0 spiro atoms. The molecule has 28 nitrogen and oxygen atoms in total. The number of benzene rings is 8. The van der Waals surface area contributed by atoms with Gasteiger partial charge in [0.2, 0.25) is 0 Å². The maximum absolute atomic E-state index is 14.0. The molecule has 12 aromatic heterocycles. The summed E-state index contributed by atoms with van der Waals surface area (Å²) in [6.07, 6.45) is 14.5. The van der Waals surface area contributed by atoms with Crippen molar-refractivity contribution in [2.24, 2.45) is 51.9 Å². The molecule has 29 heteroatoms. The van der Waals surface area contributed by atoms with Crippen molar-refractivity contribution in [3.05, 3.63) is 446 Å². The van der Waals surface area contributed by atoms with Crippen LogP contribution in [-0.2, 0) is 80.5 Å². The van der Waals surface area contributed by atoms with Crippen LogP contribution in [0.15, 0.2) is 373 Å². The van der Waals surface area contributed by atoms with Gasteiger partial charge in [-0.15, -0.1) is 0 Å². The molecular formula is C117H117FN20O8. The summed E-state index contributed by atoms with van der Waals surface area (Å²) < 4.78 is 33.6. The SMILES string of the molecule is CC(C)Cn1c(=O)n(C)c(=O)c2c(Nc3ccccc3)n(Cc3ccc(-c4ccccn4)cc3)cc21.CC(C)Cn1c(=O)n(C)c(=O)c2cn(Cc3ccc(-c4ccccn4)cc3)c(N(C)c3ccccc3)c21.CC(C)Cn1c(=O)n(C)c(=O)c2cn(Cc3ccc(-c4ccccn4)cc3)c(Nc3cccc(F)c3)c21.CC(C)Cn1c(=O)n(C)c(=O)c2cn(Cc3ccc(-c4ccccn4)cc3)c(Nc3ccccc3)c21. The van der Waals surface area contributed by atoms with E-state index < -0.39 is 0 Å². The predicted octanol–water partition coefficient (Wildman–Crippen LogP) is 20.2. The Hall–Kier alpha value is -17.6. The van der Waals surface area contributed by atoms with E-state index in [1.54, 1.807) is 82.5 Å². The highest BCUT2D eigenvalue weighted by atomic mass is 19.1. The number of hydrogen-bond acceptors (Lipinski definition) is 16. The molecule has 0 aliphatic heterocycles. The fourth-order valence-corrected chi connectivity index (χ4v) is 18.3. The van der Waals surface area contributed by atoms with E-state index in [0.29, 0.717) is 113 Å². The summed E-state index contributed by atoms with van der Waals surface area (Å²) in [4.78, 5) is 125. The molecule has 146 heavy (non-hydrogen) atoms. The van der Waals surface area contributed by atoms with Gasteiger partial charge in [0, 0.05) is 182 Å². The van der Waals surface area contributed by atoms with Crippen molar-refractivity contribution in [3.63, 3.8) is 0 Å². The number of pyridine rings is 4. The molecule has 740 valence electrons. The van der Waals surface area contributed by atoms with Crippen LogP contribution in [0.1, 0.15) is 77.6 Å². The van der Waals surface area contributed by atoms with Crippen LogP contribution >= 0.6 is 0 Å². The molecule has 0 atom stereocenters. The number of rotatable bonds is 28. The maximum Gasteiger partial charge on any atom is 0.331 e. The smallest absolute Gasteiger partial charge is 0.331 e. The Balaban J connectivity index is 0.000000133. The van der Waals surface area contributed by atoms with Gasteiger partial charge in [0.1, 0.15) is 51.0 Å². The zero-order valence-electron chi connectivity index (χ0n) is 84.0. The molecule has 12 heterocycles. The fraction of sp³-hybridized carbons (Fsp3) is 0.214. The first-order valence-corrected chi connectivity index (χ1v) is 48.8. The Morgan fingerprint density at radius 1 is 0.301 bits per heavy atom. The third-order valence-corrected chi connectivity index (χ3v) is 25.4. The van der Waals surface area contributed by atoms with Gasteiger partial charge in [-0.25, -0.2) is 23.6 Å². The first kappa shape index (κ1) is 99.9. The second-order valence-corrected chi connectivity index (χ2v) is 38.2. The van der Waals surface area contributed by atoms with Gasteiger partial charge in [-0.3, -0.25) is 75.7 Å². The molecular weight excluding hydrogens is 1830 g/mol. The van der Waals surface area contributed by atoms with Crippen LogP contribution < -0.4 is 65.8 Å². The highest BCUT2D eigenvalue weighted by Gasteiger charge is 2.28. The molecule has 0 saturated carbocycles. The van der Waals surface area contributed by atoms with E-state index in [-0.39, 0.29) is 74.5 Å². The molecule has 0 unspecified atom stereocenters. The van der Waals surface area contributed by atoms with Crippen molar-refractivity contribution in [3.8, 4) is 45.0 Å². The second kappa shape index (κ2) is 44.3. The van der Waals surface area contributed by atoms with Gasteiger partial charge in [0.05, 0.1) is 44.5 Å². The van der Waals surface area contributed by atoms with Crippen molar-refractivity contribution < 1.29 is 4.39 Å². The van der Waals surface area contributed by atoms with Gasteiger partial charge in [-0.05, 0) is 149 Å². The van der Waals surface area contributed by atoms with Gasteiger partial charge in [-0.1, -0.05) is 237 Å². The van der Waals surface area contributed by atoms with Crippen LogP contribution in [0.3, 0.4) is 0 Å². The summed E-state index contributed by atoms with van der Waals surface area (Å²) in [5.41, 5.74) is 15.1. The normalized spacial score (nSPS) is 11.4. The van der Waals surface area contributed by atoms with Crippen LogP contribution in [0.2, 0.25) is 0 Å². The number of hydrogen-bond donors (Lipinski definition) is 3. The molecule has 3 N–H and O–H groups in total. The van der Waals surface area contributed by atoms with Gasteiger partial charge in [0.15, 0.2) is 0 Å². The lowest BCUT2D eigenvalue weighted by Crippen LogP contribution is -2.38. The molecule has 0 bridgehead atoms. The Morgan fingerprint density at radius 3 is 0.952 bits per heavy atom. The van der Waals surface area contributed by atoms with Crippen molar-refractivity contribution in [1.29, 1.82) is 0 Å². The Kier molecular flexibility index (Phi) is 30.3. The molecule has 20 aromatic rings. The van der Waals surface area contributed by atoms with Crippen LogP contribution in [0.25, 0.3) is 88.6 Å². The number of fused-ring (bicyclic) bond motifs is 4. The summed E-state index contributed by atoms with van der Waals surface area (Å²) in [5.74, 6) is 3.26. The lowest BCUT2D eigenvalue weighted by Gasteiger charge is -2.24. The highest BCUT2D eigenvalue weighted by molar-refractivity contribution is 5.96. The molecule has 0 amide bonds. The van der Waals surface area contributed by atoms with Crippen LogP contribution in [0, 0.1) is 29.5 Å². The Bertz CT molecular complexity index is 8480. The van der Waals surface area contributed by atoms with Crippen LogP contribution in [-0.4, -0.2) is 81.8 Å². The number of para-hydroxylation sites is 3. The first-order chi connectivity index (χ1) is 70.5. The molecule has 0 aliphatic rings. The first-order valence-electron chi connectivity index (χ1n) is 48.8. The summed E-state index contributed by atoms with van der Waals surface area (Å²) in [6.45, 7) is 20.5. The van der Waals surface area contributed by atoms with Crippen molar-refractivity contribution in [1.82, 2.24) is 74.7 Å². The monoisotopic (exact) mass is 1950 g/mol. The quantitative estimate of drug-likeness (QED) is 0.0411. The molecule has 0 saturated heterocycles. The minimum absolute atomic E-state index is 0.169. The number of nitrogens with one attached hydrogen (secondary N) is 3. The van der Waals surface area contributed by atoms with E-state index in [4.69, 9.17) is 0 Å². The van der Waals surface area contributed by atoms with Gasteiger partial charge in [-0.2, -0.15) is 0 Å². The third-order valence-electron chi connectivity index (χ3n) is 25.4. The largest absolute Gasteiger partial charge is 0.341 e. The zero-order valence-corrected chi connectivity index (χ0v) is 84.0. The van der Waals surface area contributed by atoms with E-state index in [2.05, 4.69) is 160 Å². The summed E-state index contributed by atoms with van der Waals surface area (Å²) >= 11 is 0. The number of aromatic nitrogens is 16. The Morgan fingerprint density at radius 2 is 0.596 bits per heavy atom. The minimum atomic E-state index is -0.383. The Labute approximate surface area is 842 Å². The highest BCUT2D eigenvalue weighted by Crippen LogP contribution is 2.37. The standard InChI is InChI=1S/C30H31N5O2.C29H28FN5O2.2C29H29N5O2/c1-21(2)18-35-27-25(29(36)33(4)30(35)37)20-34(28(27)32(3)24-10-6-5-7-11-24)19-22-13-15-23(16-14-22)26-12-8-9-17-31-26;1-19(2)16-35-26-24(28(36)33(3)29(35)37)18-34(27(26)32-23-8-6-7-22(30)15-23)17-20-10-12-21(13-11-20)25-9-4-5-14-31-25;1-20(2)17-34-26-24(28(35)32(3)29(34)36)19-33(27(26)31-23-9-5-4-6-10-23)18-21-12-14-22(15-13-21)25-11-7-8-16-30-25;1-20(2)17-34-25-19-33(18-21-12-14-22(15-13-21)24-11-7-8-16-30-24)27(31-23-9-5-4-6-10-23)26(25)28(35)32(3)29(34)36/h5-17,20-21H,18-19H2,1-4H3;4-15,18-19,32H,16-17H2,1-3H3;2*4-16,19-20,31H,17-18H2,1-3H3. The van der Waals surface area contributed by atoms with Crippen LogP contribution in [0.4, 0.5) is 50.4 Å². The van der Waals surface area contributed by atoms with E-state index in [1.165, 1.54) is 32.9 Å². The van der Waals surface area contributed by atoms with Gasteiger partial charge in [0.25, 0.3) is 22.2 Å². The number of anilines is 8. The summed E-state index contributed by atoms with van der Waals surface area (Å²) in [5, 5.41) is 12.2. The van der Waals surface area contributed by atoms with Crippen LogP contribution in [0.5, 0.6) is 0 Å². The second-order valence-electron chi connectivity index (χ2n) is 38.2. The average molecular weight is 1950 g/mol. The predicted molar refractivity (Wildman–Crippen MR) is 584 cm³/mol. The topological polar surface area (TPSA) is 287 Å². The van der Waals surface area contributed by atoms with Gasteiger partial charge < -0.3 is 39.1 Å². The van der Waals surface area contributed by atoms with Crippen molar-refractivity contribution >= 4 is 89.6 Å². The molecule has 8 aromatic carbocycles. The molecule has 0 radical (unpaired) electrons. The van der Waals surface area contributed by atoms with E-state index >= 15 is 0 Å². The fourth-order valence-electron chi connectivity index (χ4n) is 18.3. The van der Waals surface area contributed by atoms with Crippen molar-refractivity contribution in [2.75, 3.05) is 27.9 Å². The third kappa shape index (κ3) is 22.0. The summed E-state index contributed by atoms with van der Waals surface area (Å²) in [7, 11) is 8.11. The molecule has 0 aliphatic carbocycles. The van der Waals surface area contributed by atoms with Gasteiger partial charge >= 0.3 is 22.8 Å². The van der Waals surface area contributed by atoms with E-state index in [0.717, 1.165) is 101 Å². The number of nitrogens with zero attached hydrogens (tertiary/aromatic N) is 17. The van der Waals surface area contributed by atoms with E-state index in [9.17, 15) is 42.7 Å². The number of halogens is 1. The lowest BCUT2D eigenvalue weighted by atomic mass is 10.1. The minimum Gasteiger partial charge on any atom is -0.341 e. The zero-order chi connectivity index (χ0) is 103. The average Bonchev–Trinajstić information content (AvgIpc) is 1.58. The van der Waals surface area contributed by atoms with E-state index in [1.807, 2.05) is 241 Å². The molecule has 20 rings (SSSR count). The summed E-state index contributed by atoms with van der Waals surface area (Å²) in [6, 6.07) is 91.9. The van der Waals surface area contributed by atoms with Crippen molar-refractivity contribution in [2.45, 2.75) is 108 Å².